The van der Waals surface area contributed by atoms with Crippen molar-refractivity contribution < 1.29 is 14.6 Å². The van der Waals surface area contributed by atoms with E-state index in [1.54, 1.807) is 0 Å². The SMILES string of the molecule is CCC1C[C@H](C(=O)OC(C)(C)C)[C@@H](C(O)C#CC2CC(CC(C)C)C2)C1. The zero-order chi connectivity index (χ0) is 19.5. The van der Waals surface area contributed by atoms with E-state index in [0.717, 1.165) is 43.9 Å². The highest BCUT2D eigenvalue weighted by atomic mass is 16.6. The third-order valence-corrected chi connectivity index (χ3v) is 5.88. The minimum Gasteiger partial charge on any atom is -0.460 e. The van der Waals surface area contributed by atoms with Gasteiger partial charge in [0.2, 0.25) is 0 Å². The van der Waals surface area contributed by atoms with Crippen LogP contribution in [-0.4, -0.2) is 22.8 Å². The summed E-state index contributed by atoms with van der Waals surface area (Å²) in [7, 11) is 0. The van der Waals surface area contributed by atoms with Crippen molar-refractivity contribution in [1.29, 1.82) is 0 Å². The number of carbonyl (C=O) groups is 1. The van der Waals surface area contributed by atoms with Crippen LogP contribution in [0.1, 0.15) is 80.1 Å². The van der Waals surface area contributed by atoms with E-state index in [0.29, 0.717) is 11.8 Å². The summed E-state index contributed by atoms with van der Waals surface area (Å²) >= 11 is 0. The molecule has 2 aliphatic rings. The molecule has 3 heteroatoms. The highest BCUT2D eigenvalue weighted by Crippen LogP contribution is 2.42. The first-order chi connectivity index (χ1) is 12.1. The summed E-state index contributed by atoms with van der Waals surface area (Å²) in [4.78, 5) is 12.6. The first-order valence-electron chi connectivity index (χ1n) is 10.5. The van der Waals surface area contributed by atoms with Crippen LogP contribution in [0.2, 0.25) is 0 Å². The molecular formula is C23H38O3. The molecule has 26 heavy (non-hydrogen) atoms. The van der Waals surface area contributed by atoms with Gasteiger partial charge in [-0.1, -0.05) is 39.0 Å². The Kier molecular flexibility index (Phi) is 7.19. The summed E-state index contributed by atoms with van der Waals surface area (Å²) in [5, 5.41) is 10.7. The molecule has 2 aliphatic carbocycles. The van der Waals surface area contributed by atoms with E-state index in [4.69, 9.17) is 4.74 Å². The van der Waals surface area contributed by atoms with Gasteiger partial charge >= 0.3 is 5.97 Å². The maximum absolute atomic E-state index is 12.6. The first kappa shape index (κ1) is 21.3. The number of carbonyl (C=O) groups excluding carboxylic acids is 1. The average Bonchev–Trinajstić information content (AvgIpc) is 2.91. The Labute approximate surface area is 160 Å². The van der Waals surface area contributed by atoms with Gasteiger partial charge in [0.25, 0.3) is 0 Å². The lowest BCUT2D eigenvalue weighted by Crippen LogP contribution is -2.34. The summed E-state index contributed by atoms with van der Waals surface area (Å²) in [6.07, 6.45) is 5.61. The van der Waals surface area contributed by atoms with E-state index >= 15 is 0 Å². The van der Waals surface area contributed by atoms with Crippen molar-refractivity contribution in [3.63, 3.8) is 0 Å². The second-order valence-electron chi connectivity index (χ2n) is 9.95. The molecule has 0 aromatic carbocycles. The van der Waals surface area contributed by atoms with Gasteiger partial charge in [0.15, 0.2) is 0 Å². The quantitative estimate of drug-likeness (QED) is 0.563. The highest BCUT2D eigenvalue weighted by molar-refractivity contribution is 5.74. The van der Waals surface area contributed by atoms with Crippen LogP contribution < -0.4 is 0 Å². The fraction of sp³-hybridized carbons (Fsp3) is 0.870. The van der Waals surface area contributed by atoms with E-state index in [9.17, 15) is 9.90 Å². The van der Waals surface area contributed by atoms with Crippen LogP contribution in [0, 0.1) is 47.3 Å². The van der Waals surface area contributed by atoms with Crippen LogP contribution in [0.15, 0.2) is 0 Å². The van der Waals surface area contributed by atoms with Crippen LogP contribution in [0.25, 0.3) is 0 Å². The predicted octanol–water partition coefficient (Wildman–Crippen LogP) is 4.82. The molecule has 148 valence electrons. The molecule has 0 aromatic heterocycles. The van der Waals surface area contributed by atoms with Crippen molar-refractivity contribution in [2.45, 2.75) is 91.8 Å². The Morgan fingerprint density at radius 1 is 1.15 bits per heavy atom. The number of hydrogen-bond donors (Lipinski definition) is 1. The molecule has 0 amide bonds. The van der Waals surface area contributed by atoms with Gasteiger partial charge in [0.1, 0.15) is 11.7 Å². The van der Waals surface area contributed by atoms with Gasteiger partial charge in [-0.15, -0.1) is 0 Å². The fourth-order valence-electron chi connectivity index (χ4n) is 4.53. The third kappa shape index (κ3) is 6.02. The number of hydrogen-bond acceptors (Lipinski definition) is 3. The van der Waals surface area contributed by atoms with E-state index in [-0.39, 0.29) is 17.8 Å². The Bertz CT molecular complexity index is 528. The highest BCUT2D eigenvalue weighted by Gasteiger charge is 2.43. The minimum absolute atomic E-state index is 0.0890. The Morgan fingerprint density at radius 3 is 2.35 bits per heavy atom. The molecule has 4 atom stereocenters. The van der Waals surface area contributed by atoms with Crippen LogP contribution in [0.5, 0.6) is 0 Å². The number of rotatable bonds is 5. The molecule has 1 N–H and O–H groups in total. The molecule has 0 bridgehead atoms. The Morgan fingerprint density at radius 2 is 1.81 bits per heavy atom. The van der Waals surface area contributed by atoms with Crippen molar-refractivity contribution in [2.75, 3.05) is 0 Å². The molecule has 0 spiro atoms. The van der Waals surface area contributed by atoms with Crippen LogP contribution in [-0.2, 0) is 9.53 Å². The van der Waals surface area contributed by atoms with Crippen molar-refractivity contribution in [2.24, 2.45) is 35.5 Å². The minimum atomic E-state index is -0.715. The third-order valence-electron chi connectivity index (χ3n) is 5.88. The Hall–Kier alpha value is -1.01. The van der Waals surface area contributed by atoms with Crippen molar-refractivity contribution in [1.82, 2.24) is 0 Å². The summed E-state index contributed by atoms with van der Waals surface area (Å²) < 4.78 is 5.61. The lowest BCUT2D eigenvalue weighted by Gasteiger charge is -2.33. The fourth-order valence-corrected chi connectivity index (χ4v) is 4.53. The molecule has 0 radical (unpaired) electrons. The Balaban J connectivity index is 1.94. The maximum Gasteiger partial charge on any atom is 0.309 e. The van der Waals surface area contributed by atoms with Gasteiger partial charge in [-0.05, 0) is 70.6 Å². The van der Waals surface area contributed by atoms with Crippen molar-refractivity contribution >= 4 is 5.97 Å². The van der Waals surface area contributed by atoms with Gasteiger partial charge in [-0.25, -0.2) is 0 Å². The summed E-state index contributed by atoms with van der Waals surface area (Å²) in [5.41, 5.74) is -0.486. The lowest BCUT2D eigenvalue weighted by molar-refractivity contribution is -0.162. The summed E-state index contributed by atoms with van der Waals surface area (Å²) in [6.45, 7) is 12.4. The second kappa shape index (κ2) is 8.79. The zero-order valence-electron chi connectivity index (χ0n) is 17.5. The van der Waals surface area contributed by atoms with Gasteiger partial charge in [-0.3, -0.25) is 4.79 Å². The standard InChI is InChI=1S/C23H38O3/c1-7-16-13-19(20(14-16)22(25)26-23(4,5)6)21(24)9-8-17-11-18(12-17)10-15(2)3/h15-21,24H,7,10-14H2,1-6H3/t16?,17?,18?,19-,20-,21?/m0/s1. The lowest BCUT2D eigenvalue weighted by atomic mass is 9.71. The van der Waals surface area contributed by atoms with E-state index < -0.39 is 11.7 Å². The normalized spacial score (nSPS) is 32.5. The molecule has 0 heterocycles. The molecule has 2 rings (SSSR count). The zero-order valence-corrected chi connectivity index (χ0v) is 17.5. The van der Waals surface area contributed by atoms with Crippen molar-refractivity contribution in [3.8, 4) is 11.8 Å². The molecule has 2 unspecified atom stereocenters. The van der Waals surface area contributed by atoms with Crippen LogP contribution in [0.3, 0.4) is 0 Å². The molecule has 2 saturated carbocycles. The topological polar surface area (TPSA) is 46.5 Å². The predicted molar refractivity (Wildman–Crippen MR) is 105 cm³/mol. The molecule has 0 aromatic rings. The summed E-state index contributed by atoms with van der Waals surface area (Å²) in [5.74, 6) is 8.36. The molecule has 0 saturated heterocycles. The summed E-state index contributed by atoms with van der Waals surface area (Å²) in [6, 6.07) is 0. The second-order valence-corrected chi connectivity index (χ2v) is 9.95. The molecular weight excluding hydrogens is 324 g/mol. The van der Waals surface area contributed by atoms with Crippen LogP contribution in [0.4, 0.5) is 0 Å². The monoisotopic (exact) mass is 362 g/mol. The first-order valence-corrected chi connectivity index (χ1v) is 10.5. The number of aliphatic hydroxyl groups is 1. The average molecular weight is 363 g/mol. The van der Waals surface area contributed by atoms with E-state index in [2.05, 4.69) is 32.6 Å². The van der Waals surface area contributed by atoms with Gasteiger partial charge in [0, 0.05) is 11.8 Å². The number of ether oxygens (including phenoxy) is 1. The molecule has 3 nitrogen and oxygen atoms in total. The van der Waals surface area contributed by atoms with Gasteiger partial charge < -0.3 is 9.84 Å². The smallest absolute Gasteiger partial charge is 0.309 e. The van der Waals surface area contributed by atoms with Crippen molar-refractivity contribution in [3.05, 3.63) is 0 Å². The van der Waals surface area contributed by atoms with Crippen LogP contribution >= 0.6 is 0 Å². The van der Waals surface area contributed by atoms with Gasteiger partial charge in [0.05, 0.1) is 5.92 Å². The van der Waals surface area contributed by atoms with E-state index in [1.165, 1.54) is 6.42 Å². The molecule has 2 fully saturated rings. The number of aliphatic hydroxyl groups excluding tert-OH is 1. The van der Waals surface area contributed by atoms with E-state index in [1.807, 2.05) is 20.8 Å². The number of esters is 1. The maximum atomic E-state index is 12.6. The largest absolute Gasteiger partial charge is 0.460 e. The van der Waals surface area contributed by atoms with Gasteiger partial charge in [-0.2, -0.15) is 0 Å². The molecule has 0 aliphatic heterocycles.